The quantitative estimate of drug-likeness (QED) is 0.153. The van der Waals surface area contributed by atoms with Crippen molar-refractivity contribution in [3.63, 3.8) is 0 Å². The third-order valence-electron chi connectivity index (χ3n) is 16.4. The summed E-state index contributed by atoms with van der Waals surface area (Å²) >= 11 is 0. The summed E-state index contributed by atoms with van der Waals surface area (Å²) in [5.74, 6) is 0. The van der Waals surface area contributed by atoms with Crippen molar-refractivity contribution in [2.24, 2.45) is 0 Å². The normalized spacial score (nSPS) is 13.1. The number of nitrogens with zero attached hydrogens (tertiary/aromatic N) is 4. The molecule has 75 heavy (non-hydrogen) atoms. The first-order chi connectivity index (χ1) is 36.2. The number of benzene rings is 9. The molecule has 0 unspecified atom stereocenters. The molecule has 364 valence electrons. The Balaban J connectivity index is 1.10. The van der Waals surface area contributed by atoms with Gasteiger partial charge < -0.3 is 0 Å². The zero-order chi connectivity index (χ0) is 51.3. The first kappa shape index (κ1) is 45.3. The Hall–Kier alpha value is -8.28. The third kappa shape index (κ3) is 6.69. The molecule has 0 atom stereocenters. The zero-order valence-electron chi connectivity index (χ0n) is 44.5. The Morgan fingerprint density at radius 3 is 0.960 bits per heavy atom. The van der Waals surface area contributed by atoms with Crippen LogP contribution >= 0.6 is 0 Å². The molecule has 4 nitrogen and oxygen atoms in total. The number of para-hydroxylation sites is 6. The molecule has 0 amide bonds. The number of rotatable bonds is 5. The highest BCUT2D eigenvalue weighted by Crippen LogP contribution is 2.44. The molecule has 1 aliphatic rings. The molecule has 0 spiro atoms. The molecule has 0 saturated heterocycles. The molecule has 5 heteroatoms. The van der Waals surface area contributed by atoms with Crippen LogP contribution in [-0.2, 0) is 16.2 Å². The topological polar surface area (TPSA) is 19.7 Å². The second-order valence-corrected chi connectivity index (χ2v) is 24.2. The summed E-state index contributed by atoms with van der Waals surface area (Å²) in [7, 11) is 0. The van der Waals surface area contributed by atoms with E-state index < -0.39 is 0 Å². The average Bonchev–Trinajstić information content (AvgIpc) is 4.28. The van der Waals surface area contributed by atoms with Crippen molar-refractivity contribution in [2.75, 3.05) is 0 Å². The Kier molecular flexibility index (Phi) is 9.74. The minimum atomic E-state index is -0.125. The van der Waals surface area contributed by atoms with Crippen molar-refractivity contribution in [1.29, 1.82) is 0 Å². The number of hydrogen-bond donors (Lipinski definition) is 0. The van der Waals surface area contributed by atoms with Crippen LogP contribution in [0, 0.1) is 0 Å². The summed E-state index contributed by atoms with van der Waals surface area (Å²) in [5.41, 5.74) is 22.4. The van der Waals surface area contributed by atoms with E-state index >= 15 is 0 Å². The summed E-state index contributed by atoms with van der Waals surface area (Å²) in [6.07, 6.45) is 0. The summed E-state index contributed by atoms with van der Waals surface area (Å²) < 4.78 is 10.0. The van der Waals surface area contributed by atoms with Gasteiger partial charge in [-0.2, -0.15) is 0 Å². The van der Waals surface area contributed by atoms with Crippen molar-refractivity contribution in [3.05, 3.63) is 223 Å². The van der Waals surface area contributed by atoms with E-state index in [1.807, 2.05) is 0 Å². The smallest absolute Gasteiger partial charge is 0.243 e. The molecule has 14 rings (SSSR count). The van der Waals surface area contributed by atoms with Gasteiger partial charge in [-0.15, -0.1) is 0 Å². The van der Waals surface area contributed by atoms with Crippen molar-refractivity contribution >= 4 is 88.8 Å². The maximum Gasteiger partial charge on any atom is 0.243 e. The number of aromatic nitrogens is 4. The van der Waals surface area contributed by atoms with Gasteiger partial charge in [-0.3, -0.25) is 18.3 Å². The zero-order valence-corrected chi connectivity index (χ0v) is 44.5. The maximum atomic E-state index is 2.56. The number of fused-ring (bicyclic) bond motifs is 13. The van der Waals surface area contributed by atoms with Gasteiger partial charge in [0.1, 0.15) is 11.3 Å². The lowest BCUT2D eigenvalue weighted by atomic mass is 9.35. The van der Waals surface area contributed by atoms with E-state index in [0.29, 0.717) is 0 Å². The highest BCUT2D eigenvalue weighted by Gasteiger charge is 2.41. The van der Waals surface area contributed by atoms with Crippen LogP contribution in [0.5, 0.6) is 0 Å². The van der Waals surface area contributed by atoms with Crippen molar-refractivity contribution < 1.29 is 0 Å². The van der Waals surface area contributed by atoms with Crippen LogP contribution in [0.1, 0.15) is 79.0 Å². The molecular formula is C70H61BN4. The van der Waals surface area contributed by atoms with E-state index in [0.717, 1.165) is 22.7 Å². The second kappa shape index (κ2) is 16.1. The van der Waals surface area contributed by atoms with Gasteiger partial charge in [0.2, 0.25) is 6.71 Å². The minimum Gasteiger partial charge on any atom is -0.295 e. The Bertz CT molecular complexity index is 4180. The summed E-state index contributed by atoms with van der Waals surface area (Å²) in [6, 6.07) is 77.6. The average molecular weight is 969 g/mol. The van der Waals surface area contributed by atoms with Gasteiger partial charge in [0.25, 0.3) is 0 Å². The first-order valence-corrected chi connectivity index (χ1v) is 26.8. The molecule has 0 saturated carbocycles. The fraction of sp³-hybridized carbons (Fsp3) is 0.171. The van der Waals surface area contributed by atoms with Gasteiger partial charge >= 0.3 is 0 Å². The van der Waals surface area contributed by atoms with Gasteiger partial charge in [0.15, 0.2) is 0 Å². The molecule has 0 bridgehead atoms. The van der Waals surface area contributed by atoms with Crippen LogP contribution in [0.3, 0.4) is 0 Å². The third-order valence-corrected chi connectivity index (χ3v) is 16.4. The maximum absolute atomic E-state index is 2.56. The van der Waals surface area contributed by atoms with Crippen molar-refractivity contribution in [2.45, 2.75) is 78.6 Å². The predicted octanol–water partition coefficient (Wildman–Crippen LogP) is 16.2. The first-order valence-electron chi connectivity index (χ1n) is 26.8. The van der Waals surface area contributed by atoms with E-state index in [1.54, 1.807) is 0 Å². The molecule has 0 fully saturated rings. The van der Waals surface area contributed by atoms with Gasteiger partial charge in [-0.05, 0) is 117 Å². The van der Waals surface area contributed by atoms with Crippen LogP contribution < -0.4 is 16.4 Å². The summed E-state index contributed by atoms with van der Waals surface area (Å²) in [6.45, 7) is 21.6. The van der Waals surface area contributed by atoms with Crippen LogP contribution in [0.15, 0.2) is 206 Å². The van der Waals surface area contributed by atoms with Crippen molar-refractivity contribution in [3.8, 4) is 33.9 Å². The standard InChI is InChI=1S/C70H61BN4/c1-68(2,3)44-40-55(69(4,5)6)65(56(41-44)70(7,8)9)71-57-38-36-47(74-61-34-22-18-30-51(61)63-49-28-16-20-32-59(49)72(66(63)74)45-24-12-10-13-25-45)42-53(57)54-43-48(37-39-58(54)71)75-62-35-23-19-31-52(62)64-50-29-17-21-33-60(50)73(67(64)75)46-26-14-11-15-27-46/h10-43H,1-9H3. The van der Waals surface area contributed by atoms with Gasteiger partial charge in [-0.25, -0.2) is 0 Å². The molecule has 0 radical (unpaired) electrons. The Morgan fingerprint density at radius 1 is 0.307 bits per heavy atom. The molecule has 1 aliphatic heterocycles. The van der Waals surface area contributed by atoms with E-state index in [9.17, 15) is 0 Å². The van der Waals surface area contributed by atoms with Crippen LogP contribution in [0.25, 0.3) is 99.6 Å². The summed E-state index contributed by atoms with van der Waals surface area (Å²) in [5, 5.41) is 7.55. The highest BCUT2D eigenvalue weighted by molar-refractivity contribution is 6.99. The van der Waals surface area contributed by atoms with Gasteiger partial charge in [0, 0.05) is 55.1 Å². The number of hydrogen-bond acceptors (Lipinski definition) is 0. The fourth-order valence-corrected chi connectivity index (χ4v) is 13.0. The molecule has 9 aromatic carbocycles. The van der Waals surface area contributed by atoms with Crippen LogP contribution in [-0.4, -0.2) is 25.0 Å². The Morgan fingerprint density at radius 2 is 0.627 bits per heavy atom. The molecule has 5 heterocycles. The van der Waals surface area contributed by atoms with Crippen LogP contribution in [0.2, 0.25) is 0 Å². The van der Waals surface area contributed by atoms with Gasteiger partial charge in [0.05, 0.1) is 22.1 Å². The highest BCUT2D eigenvalue weighted by atomic mass is 15.1. The lowest BCUT2D eigenvalue weighted by molar-refractivity contribution is 0.553. The monoisotopic (exact) mass is 968 g/mol. The molecule has 0 aliphatic carbocycles. The fourth-order valence-electron chi connectivity index (χ4n) is 13.0. The van der Waals surface area contributed by atoms with Gasteiger partial charge in [-0.1, -0.05) is 212 Å². The SMILES string of the molecule is CC(C)(C)c1cc(C(C)(C)C)c(B2c3ccc(-n4c5ccccc5c5c6ccccc6n(-c6ccccc6)c54)cc3-c3cc(-n4c5ccccc5c5c6ccccc6n(-c6ccccc6)c54)ccc32)c(C(C)(C)C)c1. The molecule has 4 aromatic heterocycles. The lowest BCUT2D eigenvalue weighted by Gasteiger charge is -2.35. The van der Waals surface area contributed by atoms with E-state index in [4.69, 9.17) is 0 Å². The molecular weight excluding hydrogens is 908 g/mol. The summed E-state index contributed by atoms with van der Waals surface area (Å²) in [4.78, 5) is 0. The predicted molar refractivity (Wildman–Crippen MR) is 321 cm³/mol. The molecule has 0 N–H and O–H groups in total. The Labute approximate surface area is 440 Å². The van der Waals surface area contributed by atoms with E-state index in [2.05, 4.69) is 287 Å². The minimum absolute atomic E-state index is 0.00459. The van der Waals surface area contributed by atoms with E-state index in [-0.39, 0.29) is 23.0 Å². The van der Waals surface area contributed by atoms with Crippen LogP contribution in [0.4, 0.5) is 0 Å². The largest absolute Gasteiger partial charge is 0.295 e. The lowest BCUT2D eigenvalue weighted by Crippen LogP contribution is -2.54. The second-order valence-electron chi connectivity index (χ2n) is 24.2. The van der Waals surface area contributed by atoms with Crippen molar-refractivity contribution in [1.82, 2.24) is 18.3 Å². The van der Waals surface area contributed by atoms with E-state index in [1.165, 1.54) is 110 Å². The molecule has 13 aromatic rings.